The molecule has 1 aromatic carbocycles. The second kappa shape index (κ2) is 5.34. The number of hydrogen-bond acceptors (Lipinski definition) is 6. The molecule has 1 saturated carbocycles. The van der Waals surface area contributed by atoms with Crippen molar-refractivity contribution in [2.45, 2.75) is 44.7 Å². The van der Waals surface area contributed by atoms with E-state index in [1.54, 1.807) is 0 Å². The Bertz CT molecular complexity index is 691. The van der Waals surface area contributed by atoms with Gasteiger partial charge in [0.1, 0.15) is 11.7 Å². The quantitative estimate of drug-likeness (QED) is 0.826. The lowest BCUT2D eigenvalue weighted by atomic mass is 9.87. The van der Waals surface area contributed by atoms with Crippen molar-refractivity contribution in [2.24, 2.45) is 21.5 Å². The van der Waals surface area contributed by atoms with Gasteiger partial charge in [0.25, 0.3) is 0 Å². The third-order valence-corrected chi connectivity index (χ3v) is 4.37. The van der Waals surface area contributed by atoms with Crippen LogP contribution in [-0.4, -0.2) is 17.6 Å². The summed E-state index contributed by atoms with van der Waals surface area (Å²) in [6.07, 6.45) is 5.04. The fraction of sp³-hybridized carbons (Fsp3) is 0.438. The van der Waals surface area contributed by atoms with E-state index in [9.17, 15) is 5.26 Å². The van der Waals surface area contributed by atoms with E-state index in [2.05, 4.69) is 16.1 Å². The van der Waals surface area contributed by atoms with Gasteiger partial charge in [0, 0.05) is 0 Å². The number of rotatable bonds is 1. The Morgan fingerprint density at radius 3 is 2.64 bits per heavy atom. The minimum absolute atomic E-state index is 0.224. The molecule has 6 nitrogen and oxygen atoms in total. The smallest absolute Gasteiger partial charge is 0.220 e. The number of benzene rings is 1. The molecule has 0 aromatic heterocycles. The maximum Gasteiger partial charge on any atom is 0.220 e. The summed E-state index contributed by atoms with van der Waals surface area (Å²) in [5.74, 6) is 0.540. The third-order valence-electron chi connectivity index (χ3n) is 4.37. The number of aryl methyl sites for hydroxylation is 1. The van der Waals surface area contributed by atoms with Crippen LogP contribution in [0.1, 0.15) is 43.2 Å². The van der Waals surface area contributed by atoms with E-state index in [1.807, 2.05) is 30.0 Å². The van der Waals surface area contributed by atoms with E-state index in [4.69, 9.17) is 11.5 Å². The van der Waals surface area contributed by atoms with Crippen molar-refractivity contribution < 1.29 is 0 Å². The maximum absolute atomic E-state index is 9.45. The van der Waals surface area contributed by atoms with E-state index < -0.39 is 5.66 Å². The normalized spacial score (nSPS) is 20.3. The molecule has 0 atom stereocenters. The molecule has 6 heteroatoms. The van der Waals surface area contributed by atoms with Gasteiger partial charge in [-0.25, -0.2) is 4.99 Å². The molecule has 1 aromatic rings. The highest BCUT2D eigenvalue weighted by atomic mass is 15.4. The Morgan fingerprint density at radius 2 is 1.95 bits per heavy atom. The molecule has 1 spiro atoms. The van der Waals surface area contributed by atoms with E-state index in [-0.39, 0.29) is 5.96 Å². The molecule has 0 amide bonds. The first kappa shape index (κ1) is 14.4. The van der Waals surface area contributed by atoms with Crippen LogP contribution in [-0.2, 0) is 0 Å². The molecule has 2 aliphatic rings. The zero-order valence-electron chi connectivity index (χ0n) is 12.7. The number of aliphatic imine (C=N–C) groups is 2. The van der Waals surface area contributed by atoms with Crippen molar-refractivity contribution >= 4 is 17.6 Å². The van der Waals surface area contributed by atoms with Gasteiger partial charge in [-0.2, -0.15) is 10.3 Å². The van der Waals surface area contributed by atoms with Crippen molar-refractivity contribution in [1.29, 1.82) is 5.26 Å². The van der Waals surface area contributed by atoms with Crippen LogP contribution >= 0.6 is 0 Å². The SMILES string of the molecule is Cc1ccc(C#N)c(N2C(N)=NC(N)=NC23CCCCC3)c1. The molecule has 0 saturated heterocycles. The van der Waals surface area contributed by atoms with Crippen LogP contribution in [0.5, 0.6) is 0 Å². The van der Waals surface area contributed by atoms with Crippen LogP contribution in [0, 0.1) is 18.3 Å². The number of guanidine groups is 2. The molecule has 0 bridgehead atoms. The average Bonchev–Trinajstić information content (AvgIpc) is 2.47. The number of nitriles is 1. The van der Waals surface area contributed by atoms with E-state index in [0.29, 0.717) is 11.5 Å². The predicted octanol–water partition coefficient (Wildman–Crippen LogP) is 1.98. The minimum atomic E-state index is -0.506. The van der Waals surface area contributed by atoms with Crippen molar-refractivity contribution in [2.75, 3.05) is 4.90 Å². The minimum Gasteiger partial charge on any atom is -0.369 e. The van der Waals surface area contributed by atoms with Gasteiger partial charge in [-0.3, -0.25) is 4.90 Å². The number of hydrogen-bond donors (Lipinski definition) is 2. The van der Waals surface area contributed by atoms with Gasteiger partial charge in [-0.05, 0) is 50.3 Å². The number of anilines is 1. The highest BCUT2D eigenvalue weighted by Gasteiger charge is 2.43. The van der Waals surface area contributed by atoms with E-state index in [1.165, 1.54) is 6.42 Å². The standard InChI is InChI=1S/C16H20N6/c1-11-5-6-12(10-17)13(9-11)22-15(19)20-14(18)21-16(22)7-3-2-4-8-16/h5-6,9H,2-4,7-8H2,1H3,(H4,18,19,20,21). The van der Waals surface area contributed by atoms with Crippen LogP contribution in [0.2, 0.25) is 0 Å². The van der Waals surface area contributed by atoms with Crippen molar-refractivity contribution in [3.05, 3.63) is 29.3 Å². The molecule has 114 valence electrons. The summed E-state index contributed by atoms with van der Waals surface area (Å²) in [5.41, 5.74) is 13.9. The molecule has 1 aliphatic carbocycles. The number of nitrogens with two attached hydrogens (primary N) is 2. The van der Waals surface area contributed by atoms with Gasteiger partial charge in [-0.1, -0.05) is 12.5 Å². The summed E-state index contributed by atoms with van der Waals surface area (Å²) in [6.45, 7) is 1.99. The molecule has 4 N–H and O–H groups in total. The largest absolute Gasteiger partial charge is 0.369 e. The summed E-state index contributed by atoms with van der Waals surface area (Å²) in [4.78, 5) is 10.7. The highest BCUT2D eigenvalue weighted by Crippen LogP contribution is 2.40. The Kier molecular flexibility index (Phi) is 3.49. The monoisotopic (exact) mass is 296 g/mol. The van der Waals surface area contributed by atoms with Crippen molar-refractivity contribution in [1.82, 2.24) is 0 Å². The first-order valence-corrected chi connectivity index (χ1v) is 7.56. The summed E-state index contributed by atoms with van der Waals surface area (Å²) < 4.78 is 0. The summed E-state index contributed by atoms with van der Waals surface area (Å²) in [7, 11) is 0. The Morgan fingerprint density at radius 1 is 1.23 bits per heavy atom. The fourth-order valence-electron chi connectivity index (χ4n) is 3.39. The third kappa shape index (κ3) is 2.29. The molecule has 1 heterocycles. The molecule has 0 radical (unpaired) electrons. The molecule has 1 fully saturated rings. The molecular weight excluding hydrogens is 276 g/mol. The summed E-state index contributed by atoms with van der Waals surface area (Å²) in [6, 6.07) is 7.95. The zero-order chi connectivity index (χ0) is 15.7. The zero-order valence-corrected chi connectivity index (χ0v) is 12.7. The Hall–Kier alpha value is -2.55. The van der Waals surface area contributed by atoms with Gasteiger partial charge in [-0.15, -0.1) is 0 Å². The van der Waals surface area contributed by atoms with E-state index >= 15 is 0 Å². The first-order valence-electron chi connectivity index (χ1n) is 7.56. The maximum atomic E-state index is 9.45. The van der Waals surface area contributed by atoms with Crippen LogP contribution < -0.4 is 16.4 Å². The van der Waals surface area contributed by atoms with Crippen LogP contribution in [0.15, 0.2) is 28.2 Å². The van der Waals surface area contributed by atoms with Crippen LogP contribution in [0.3, 0.4) is 0 Å². The summed E-state index contributed by atoms with van der Waals surface area (Å²) >= 11 is 0. The molecule has 1 aliphatic heterocycles. The molecule has 3 rings (SSSR count). The van der Waals surface area contributed by atoms with Crippen molar-refractivity contribution in [3.63, 3.8) is 0 Å². The lowest BCUT2D eigenvalue weighted by molar-refractivity contribution is 0.305. The topological polar surface area (TPSA) is 104 Å². The van der Waals surface area contributed by atoms with Crippen LogP contribution in [0.25, 0.3) is 0 Å². The summed E-state index contributed by atoms with van der Waals surface area (Å²) in [5, 5.41) is 9.45. The van der Waals surface area contributed by atoms with E-state index in [0.717, 1.165) is 36.9 Å². The lowest BCUT2D eigenvalue weighted by Gasteiger charge is -2.45. The first-order chi connectivity index (χ1) is 10.6. The van der Waals surface area contributed by atoms with Crippen molar-refractivity contribution in [3.8, 4) is 6.07 Å². The number of nitrogens with zero attached hydrogens (tertiary/aromatic N) is 4. The average molecular weight is 296 g/mol. The Balaban J connectivity index is 2.17. The van der Waals surface area contributed by atoms with Gasteiger partial charge in [0.2, 0.25) is 11.9 Å². The molecule has 0 unspecified atom stereocenters. The molecular formula is C16H20N6. The second-order valence-electron chi connectivity index (χ2n) is 5.95. The van der Waals surface area contributed by atoms with Gasteiger partial charge < -0.3 is 11.5 Å². The van der Waals surface area contributed by atoms with Gasteiger partial charge in [0.15, 0.2) is 0 Å². The van der Waals surface area contributed by atoms with Crippen LogP contribution in [0.4, 0.5) is 5.69 Å². The second-order valence-corrected chi connectivity index (χ2v) is 5.95. The van der Waals surface area contributed by atoms with Gasteiger partial charge >= 0.3 is 0 Å². The molecule has 22 heavy (non-hydrogen) atoms. The Labute approximate surface area is 130 Å². The predicted molar refractivity (Wildman–Crippen MR) is 87.4 cm³/mol. The van der Waals surface area contributed by atoms with Gasteiger partial charge in [0.05, 0.1) is 11.3 Å². The fourth-order valence-corrected chi connectivity index (χ4v) is 3.39. The highest BCUT2D eigenvalue weighted by molar-refractivity contribution is 6.06. The lowest BCUT2D eigenvalue weighted by Crippen LogP contribution is -2.58.